The summed E-state index contributed by atoms with van der Waals surface area (Å²) in [6, 6.07) is 12.5. The van der Waals surface area contributed by atoms with Crippen LogP contribution in [-0.2, 0) is 28.0 Å². The van der Waals surface area contributed by atoms with Crippen molar-refractivity contribution in [3.63, 3.8) is 0 Å². The van der Waals surface area contributed by atoms with Crippen molar-refractivity contribution >= 4 is 17.7 Å². The summed E-state index contributed by atoms with van der Waals surface area (Å²) in [6.45, 7) is 4.27. The molecule has 1 saturated heterocycles. The quantitative estimate of drug-likeness (QED) is 0.532. The predicted molar refractivity (Wildman–Crippen MR) is 141 cm³/mol. The molecule has 2 aliphatic rings. The highest BCUT2D eigenvalue weighted by atomic mass is 19.4. The van der Waals surface area contributed by atoms with Crippen LogP contribution in [0, 0.1) is 5.92 Å². The Morgan fingerprint density at radius 1 is 1.13 bits per heavy atom. The van der Waals surface area contributed by atoms with Crippen LogP contribution in [0.25, 0.3) is 0 Å². The van der Waals surface area contributed by atoms with E-state index >= 15 is 0 Å². The Morgan fingerprint density at radius 3 is 2.46 bits per heavy atom. The molecule has 2 amide bonds. The number of alkyl halides is 3. The summed E-state index contributed by atoms with van der Waals surface area (Å²) in [6.07, 6.45) is -2.89. The van der Waals surface area contributed by atoms with Gasteiger partial charge in [-0.05, 0) is 75.3 Å². The van der Waals surface area contributed by atoms with Crippen molar-refractivity contribution in [1.29, 1.82) is 0 Å². The molecule has 2 aromatic carbocycles. The first-order valence-electron chi connectivity index (χ1n) is 13.2. The highest BCUT2D eigenvalue weighted by molar-refractivity contribution is 5.96. The summed E-state index contributed by atoms with van der Waals surface area (Å²) >= 11 is 0. The molecule has 212 valence electrons. The van der Waals surface area contributed by atoms with Crippen LogP contribution in [-0.4, -0.2) is 48.9 Å². The Morgan fingerprint density at radius 2 is 1.82 bits per heavy atom. The summed E-state index contributed by atoms with van der Waals surface area (Å²) in [5.41, 5.74) is 7.72. The molecule has 0 spiro atoms. The molecule has 0 aliphatic carbocycles. The molecule has 1 fully saturated rings. The van der Waals surface area contributed by atoms with Crippen LogP contribution < -0.4 is 15.4 Å². The highest BCUT2D eigenvalue weighted by Gasteiger charge is 2.48. The number of piperidine rings is 1. The molecule has 0 aromatic heterocycles. The van der Waals surface area contributed by atoms with Crippen molar-refractivity contribution < 1.29 is 32.2 Å². The van der Waals surface area contributed by atoms with Gasteiger partial charge in [0.2, 0.25) is 5.91 Å². The molecule has 39 heavy (non-hydrogen) atoms. The van der Waals surface area contributed by atoms with Crippen molar-refractivity contribution in [3.8, 4) is 5.75 Å². The van der Waals surface area contributed by atoms with Crippen LogP contribution >= 0.6 is 0 Å². The van der Waals surface area contributed by atoms with Gasteiger partial charge in [-0.3, -0.25) is 9.69 Å². The second kappa shape index (κ2) is 10.7. The Labute approximate surface area is 227 Å². The van der Waals surface area contributed by atoms with Crippen molar-refractivity contribution in [2.75, 3.05) is 25.1 Å². The third-order valence-corrected chi connectivity index (χ3v) is 7.32. The van der Waals surface area contributed by atoms with Crippen LogP contribution in [0.1, 0.15) is 56.7 Å². The van der Waals surface area contributed by atoms with E-state index in [0.29, 0.717) is 42.6 Å². The molecule has 0 unspecified atom stereocenters. The largest absolute Gasteiger partial charge is 0.484 e. The summed E-state index contributed by atoms with van der Waals surface area (Å²) in [5, 5.41) is 0. The van der Waals surface area contributed by atoms with Gasteiger partial charge < -0.3 is 20.1 Å². The summed E-state index contributed by atoms with van der Waals surface area (Å²) in [5.74, 6) is -0.334. The number of halogens is 3. The fraction of sp³-hybridized carbons (Fsp3) is 0.517. The van der Waals surface area contributed by atoms with Gasteiger partial charge in [0, 0.05) is 31.6 Å². The third kappa shape index (κ3) is 6.32. The highest BCUT2D eigenvalue weighted by Crippen LogP contribution is 2.43. The fourth-order valence-corrected chi connectivity index (χ4v) is 5.46. The topological polar surface area (TPSA) is 85.1 Å². The minimum absolute atomic E-state index is 0.0661. The van der Waals surface area contributed by atoms with Crippen molar-refractivity contribution in [2.45, 2.75) is 70.3 Å². The summed E-state index contributed by atoms with van der Waals surface area (Å²) in [4.78, 5) is 28.8. The van der Waals surface area contributed by atoms with Crippen LogP contribution in [0.2, 0.25) is 0 Å². The monoisotopic (exact) mass is 547 g/mol. The number of hydrogen-bond donors (Lipinski definition) is 1. The molecular weight excluding hydrogens is 511 g/mol. The smallest absolute Gasteiger partial charge is 0.422 e. The lowest BCUT2D eigenvalue weighted by Crippen LogP contribution is -2.63. The van der Waals surface area contributed by atoms with E-state index in [2.05, 4.69) is 0 Å². The molecule has 10 heteroatoms. The number of nitrogens with two attached hydrogens (primary N) is 1. The lowest BCUT2D eigenvalue weighted by Gasteiger charge is -2.50. The standard InChI is InChI=1S/C29H36F3N3O4/c1-27(2,3)39-26(37)35-14-8-11-22(29(35,33)21-9-6-5-7-10-21)15-20-16-23-19(12-13-25(36)34(23)4)17-24(20)38-18-28(30,31)32/h5-7,9-10,16-17,22H,8,11-15,18,33H2,1-4H3/t22-,29+/m0/s1. The molecule has 2 heterocycles. The fourth-order valence-electron chi connectivity index (χ4n) is 5.46. The van der Waals surface area contributed by atoms with E-state index in [1.165, 1.54) is 9.80 Å². The molecule has 0 bridgehead atoms. The molecule has 7 nitrogen and oxygen atoms in total. The average molecular weight is 548 g/mol. The average Bonchev–Trinajstić information content (AvgIpc) is 2.85. The van der Waals surface area contributed by atoms with Gasteiger partial charge in [-0.2, -0.15) is 13.2 Å². The molecule has 0 radical (unpaired) electrons. The molecule has 4 rings (SSSR count). The normalized spacial score (nSPS) is 21.9. The maximum absolute atomic E-state index is 13.4. The summed E-state index contributed by atoms with van der Waals surface area (Å²) < 4.78 is 50.5. The molecule has 2 N–H and O–H groups in total. The van der Waals surface area contributed by atoms with Crippen LogP contribution in [0.5, 0.6) is 5.75 Å². The van der Waals surface area contributed by atoms with Gasteiger partial charge >= 0.3 is 12.3 Å². The predicted octanol–water partition coefficient (Wildman–Crippen LogP) is 5.54. The van der Waals surface area contributed by atoms with E-state index in [4.69, 9.17) is 15.2 Å². The number of nitrogens with zero attached hydrogens (tertiary/aromatic N) is 2. The number of amides is 2. The van der Waals surface area contributed by atoms with E-state index in [1.807, 2.05) is 30.3 Å². The third-order valence-electron chi connectivity index (χ3n) is 7.32. The number of benzene rings is 2. The zero-order valence-corrected chi connectivity index (χ0v) is 22.8. The van der Waals surface area contributed by atoms with Gasteiger partial charge in [0.05, 0.1) is 0 Å². The minimum atomic E-state index is -4.51. The second-order valence-corrected chi connectivity index (χ2v) is 11.3. The Kier molecular flexibility index (Phi) is 7.89. The van der Waals surface area contributed by atoms with E-state index in [-0.39, 0.29) is 30.4 Å². The number of aryl methyl sites for hydroxylation is 1. The Bertz CT molecular complexity index is 1210. The van der Waals surface area contributed by atoms with Crippen molar-refractivity contribution in [1.82, 2.24) is 4.90 Å². The Balaban J connectivity index is 1.77. The number of carbonyl (C=O) groups is 2. The minimum Gasteiger partial charge on any atom is -0.484 e. The lowest BCUT2D eigenvalue weighted by molar-refractivity contribution is -0.153. The lowest BCUT2D eigenvalue weighted by atomic mass is 9.75. The number of fused-ring (bicyclic) bond motifs is 1. The number of carbonyl (C=O) groups excluding carboxylic acids is 2. The van der Waals surface area contributed by atoms with Crippen molar-refractivity contribution in [3.05, 3.63) is 59.2 Å². The zero-order valence-electron chi connectivity index (χ0n) is 22.8. The van der Waals surface area contributed by atoms with Gasteiger partial charge in [0.15, 0.2) is 6.61 Å². The van der Waals surface area contributed by atoms with E-state index in [1.54, 1.807) is 40.0 Å². The molecule has 2 aliphatic heterocycles. The van der Waals surface area contributed by atoms with Crippen molar-refractivity contribution in [2.24, 2.45) is 11.7 Å². The molecule has 2 atom stereocenters. The van der Waals surface area contributed by atoms with E-state index in [9.17, 15) is 22.8 Å². The van der Waals surface area contributed by atoms with Crippen LogP contribution in [0.4, 0.5) is 23.7 Å². The van der Waals surface area contributed by atoms with Gasteiger partial charge in [-0.15, -0.1) is 0 Å². The maximum atomic E-state index is 13.4. The van der Waals surface area contributed by atoms with E-state index in [0.717, 1.165) is 5.56 Å². The second-order valence-electron chi connectivity index (χ2n) is 11.3. The van der Waals surface area contributed by atoms with Gasteiger partial charge in [-0.1, -0.05) is 30.3 Å². The first-order valence-corrected chi connectivity index (χ1v) is 13.2. The van der Waals surface area contributed by atoms with E-state index < -0.39 is 30.1 Å². The molecular formula is C29H36F3N3O4. The first-order chi connectivity index (χ1) is 18.2. The van der Waals surface area contributed by atoms with Gasteiger partial charge in [-0.25, -0.2) is 4.79 Å². The zero-order chi connectivity index (χ0) is 28.6. The molecule has 0 saturated carbocycles. The van der Waals surface area contributed by atoms with Gasteiger partial charge in [0.1, 0.15) is 17.0 Å². The Hall–Kier alpha value is -3.27. The van der Waals surface area contributed by atoms with Crippen LogP contribution in [0.15, 0.2) is 42.5 Å². The number of hydrogen-bond acceptors (Lipinski definition) is 5. The summed E-state index contributed by atoms with van der Waals surface area (Å²) in [7, 11) is 1.66. The van der Waals surface area contributed by atoms with Gasteiger partial charge in [0.25, 0.3) is 0 Å². The maximum Gasteiger partial charge on any atom is 0.422 e. The SMILES string of the molecule is CN1C(=O)CCc2cc(OCC(F)(F)F)c(C[C@@H]3CCCN(C(=O)OC(C)(C)C)[C@]3(N)c3ccccc3)cc21. The number of ether oxygens (including phenoxy) is 2. The first kappa shape index (κ1) is 28.7. The molecule has 2 aromatic rings. The number of rotatable bonds is 5. The van der Waals surface area contributed by atoms with Crippen LogP contribution in [0.3, 0.4) is 0 Å². The number of likely N-dealkylation sites (tertiary alicyclic amines) is 1. The number of anilines is 1.